The van der Waals surface area contributed by atoms with Crippen molar-refractivity contribution in [2.45, 2.75) is 57.1 Å². The van der Waals surface area contributed by atoms with Crippen LogP contribution in [0.15, 0.2) is 0 Å². The van der Waals surface area contributed by atoms with Crippen molar-refractivity contribution in [1.29, 1.82) is 0 Å². The van der Waals surface area contributed by atoms with E-state index >= 15 is 0 Å². The molecule has 1 N–H and O–H groups in total. The second kappa shape index (κ2) is 9.28. The van der Waals surface area contributed by atoms with Crippen LogP contribution in [0.1, 0.15) is 51.9 Å². The summed E-state index contributed by atoms with van der Waals surface area (Å²) in [4.78, 5) is 12.3. The molecular weight excluding hydrogens is 332 g/mol. The topological polar surface area (TPSA) is 66.5 Å². The van der Waals surface area contributed by atoms with E-state index in [-0.39, 0.29) is 17.6 Å². The molecular formula is C16H30N2O3S2. The van der Waals surface area contributed by atoms with Crippen LogP contribution in [0.3, 0.4) is 0 Å². The summed E-state index contributed by atoms with van der Waals surface area (Å²) in [5.74, 6) is 0.898. The summed E-state index contributed by atoms with van der Waals surface area (Å²) in [5, 5.41) is 3.77. The number of hydrogen-bond donors (Lipinski definition) is 1. The third kappa shape index (κ3) is 5.94. The van der Waals surface area contributed by atoms with Gasteiger partial charge in [-0.2, -0.15) is 11.8 Å². The fourth-order valence-corrected chi connectivity index (χ4v) is 5.77. The average molecular weight is 363 g/mol. The van der Waals surface area contributed by atoms with Gasteiger partial charge in [-0.05, 0) is 32.6 Å². The van der Waals surface area contributed by atoms with Crippen LogP contribution in [-0.4, -0.2) is 55.0 Å². The van der Waals surface area contributed by atoms with Gasteiger partial charge in [0, 0.05) is 30.6 Å². The summed E-state index contributed by atoms with van der Waals surface area (Å²) in [7, 11) is -3.18. The number of amides is 1. The molecule has 1 heterocycles. The van der Waals surface area contributed by atoms with Crippen LogP contribution >= 0.6 is 11.8 Å². The first-order valence-electron chi connectivity index (χ1n) is 8.90. The summed E-state index contributed by atoms with van der Waals surface area (Å²) in [5.41, 5.74) is 0. The first-order valence-corrected chi connectivity index (χ1v) is 11.6. The Morgan fingerprint density at radius 3 is 2.61 bits per heavy atom. The van der Waals surface area contributed by atoms with Crippen molar-refractivity contribution in [1.82, 2.24) is 9.62 Å². The SMILES string of the molecule is CCS(=O)(=O)N1CCCC(C(=O)NCCSC2CCCCC2)C1. The van der Waals surface area contributed by atoms with Crippen LogP contribution in [0.25, 0.3) is 0 Å². The zero-order chi connectivity index (χ0) is 16.7. The quantitative estimate of drug-likeness (QED) is 0.705. The standard InChI is InChI=1S/C16H30N2O3S2/c1-2-23(20,21)18-11-6-7-14(13-18)16(19)17-10-12-22-15-8-4-3-5-9-15/h14-15H,2-13H2,1H3,(H,17,19). The lowest BCUT2D eigenvalue weighted by molar-refractivity contribution is -0.125. The van der Waals surface area contributed by atoms with E-state index < -0.39 is 10.0 Å². The Kier molecular flexibility index (Phi) is 7.69. The van der Waals surface area contributed by atoms with Crippen molar-refractivity contribution in [2.24, 2.45) is 5.92 Å². The van der Waals surface area contributed by atoms with E-state index in [0.29, 0.717) is 19.6 Å². The molecule has 0 aromatic heterocycles. The maximum atomic E-state index is 12.3. The monoisotopic (exact) mass is 362 g/mol. The second-order valence-electron chi connectivity index (χ2n) is 6.52. The number of rotatable bonds is 7. The normalized spacial score (nSPS) is 24.5. The minimum absolute atomic E-state index is 0.0187. The van der Waals surface area contributed by atoms with E-state index in [2.05, 4.69) is 5.32 Å². The third-order valence-corrected chi connectivity index (χ3v) is 8.05. The van der Waals surface area contributed by atoms with E-state index in [4.69, 9.17) is 0 Å². The molecule has 5 nitrogen and oxygen atoms in total. The molecule has 1 saturated heterocycles. The first kappa shape index (κ1) is 19.1. The molecule has 134 valence electrons. The lowest BCUT2D eigenvalue weighted by atomic mass is 9.99. The van der Waals surface area contributed by atoms with Gasteiger partial charge in [0.25, 0.3) is 0 Å². The van der Waals surface area contributed by atoms with Crippen LogP contribution in [0.5, 0.6) is 0 Å². The van der Waals surface area contributed by atoms with E-state index in [1.54, 1.807) is 6.92 Å². The Bertz CT molecular complexity index is 476. The molecule has 7 heteroatoms. The zero-order valence-corrected chi connectivity index (χ0v) is 15.8. The van der Waals surface area contributed by atoms with E-state index in [1.165, 1.54) is 36.4 Å². The van der Waals surface area contributed by atoms with Crippen molar-refractivity contribution in [3.05, 3.63) is 0 Å². The fourth-order valence-electron chi connectivity index (χ4n) is 3.37. The van der Waals surface area contributed by atoms with Crippen molar-refractivity contribution in [3.63, 3.8) is 0 Å². The van der Waals surface area contributed by atoms with Crippen LogP contribution in [0.4, 0.5) is 0 Å². The molecule has 1 amide bonds. The molecule has 23 heavy (non-hydrogen) atoms. The number of carbonyl (C=O) groups excluding carboxylic acids is 1. The van der Waals surface area contributed by atoms with Crippen molar-refractivity contribution in [2.75, 3.05) is 31.1 Å². The average Bonchev–Trinajstić information content (AvgIpc) is 2.59. The van der Waals surface area contributed by atoms with Gasteiger partial charge in [-0.15, -0.1) is 0 Å². The first-order chi connectivity index (χ1) is 11.0. The van der Waals surface area contributed by atoms with Crippen LogP contribution in [0.2, 0.25) is 0 Å². The molecule has 0 radical (unpaired) electrons. The van der Waals surface area contributed by atoms with Crippen LogP contribution in [0, 0.1) is 5.92 Å². The number of piperidine rings is 1. The highest BCUT2D eigenvalue weighted by atomic mass is 32.2. The predicted molar refractivity (Wildman–Crippen MR) is 96.1 cm³/mol. The molecule has 2 aliphatic rings. The van der Waals surface area contributed by atoms with E-state index in [1.807, 2.05) is 11.8 Å². The van der Waals surface area contributed by atoms with Gasteiger partial charge in [0.05, 0.1) is 11.7 Å². The number of thioether (sulfide) groups is 1. The van der Waals surface area contributed by atoms with Gasteiger partial charge >= 0.3 is 0 Å². The van der Waals surface area contributed by atoms with Gasteiger partial charge in [-0.1, -0.05) is 19.3 Å². The predicted octanol–water partition coefficient (Wildman–Crippen LogP) is 2.23. The molecule has 0 aromatic rings. The van der Waals surface area contributed by atoms with Crippen molar-refractivity contribution in [3.8, 4) is 0 Å². The Morgan fingerprint density at radius 1 is 1.17 bits per heavy atom. The highest BCUT2D eigenvalue weighted by Gasteiger charge is 2.31. The zero-order valence-electron chi connectivity index (χ0n) is 14.1. The van der Waals surface area contributed by atoms with Crippen LogP contribution in [-0.2, 0) is 14.8 Å². The Morgan fingerprint density at radius 2 is 1.91 bits per heavy atom. The fraction of sp³-hybridized carbons (Fsp3) is 0.938. The number of sulfonamides is 1. The maximum Gasteiger partial charge on any atom is 0.224 e. The summed E-state index contributed by atoms with van der Waals surface area (Å²) >= 11 is 1.97. The van der Waals surface area contributed by atoms with E-state index in [0.717, 1.165) is 23.8 Å². The maximum absolute atomic E-state index is 12.3. The van der Waals surface area contributed by atoms with Crippen LogP contribution < -0.4 is 5.32 Å². The van der Waals surface area contributed by atoms with Gasteiger partial charge in [0.1, 0.15) is 0 Å². The molecule has 1 aliphatic carbocycles. The van der Waals surface area contributed by atoms with Gasteiger partial charge in [-0.3, -0.25) is 4.79 Å². The van der Waals surface area contributed by atoms with Gasteiger partial charge in [-0.25, -0.2) is 12.7 Å². The van der Waals surface area contributed by atoms with Crippen molar-refractivity contribution >= 4 is 27.7 Å². The molecule has 1 unspecified atom stereocenters. The Labute approximate surface area is 145 Å². The minimum Gasteiger partial charge on any atom is -0.355 e. The number of nitrogens with one attached hydrogen (secondary N) is 1. The summed E-state index contributed by atoms with van der Waals surface area (Å²) < 4.78 is 25.4. The number of nitrogens with zero attached hydrogens (tertiary/aromatic N) is 1. The molecule has 2 fully saturated rings. The summed E-state index contributed by atoms with van der Waals surface area (Å²) in [6.07, 6.45) is 8.23. The molecule has 1 saturated carbocycles. The number of hydrogen-bond acceptors (Lipinski definition) is 4. The molecule has 2 rings (SSSR count). The highest BCUT2D eigenvalue weighted by molar-refractivity contribution is 7.99. The molecule has 1 atom stereocenters. The number of carbonyl (C=O) groups is 1. The van der Waals surface area contributed by atoms with Gasteiger partial charge < -0.3 is 5.32 Å². The molecule has 0 bridgehead atoms. The summed E-state index contributed by atoms with van der Waals surface area (Å²) in [6, 6.07) is 0. The van der Waals surface area contributed by atoms with Gasteiger partial charge in [0.15, 0.2) is 0 Å². The second-order valence-corrected chi connectivity index (χ2v) is 10.2. The smallest absolute Gasteiger partial charge is 0.224 e. The minimum atomic E-state index is -3.18. The lowest BCUT2D eigenvalue weighted by Gasteiger charge is -2.31. The Balaban J connectivity index is 1.68. The molecule has 0 aromatic carbocycles. The largest absolute Gasteiger partial charge is 0.355 e. The molecule has 1 aliphatic heterocycles. The van der Waals surface area contributed by atoms with E-state index in [9.17, 15) is 13.2 Å². The van der Waals surface area contributed by atoms with Gasteiger partial charge in [0.2, 0.25) is 15.9 Å². The third-order valence-electron chi connectivity index (χ3n) is 4.82. The Hall–Kier alpha value is -0.270. The van der Waals surface area contributed by atoms with Crippen molar-refractivity contribution < 1.29 is 13.2 Å². The summed E-state index contributed by atoms with van der Waals surface area (Å²) in [6.45, 7) is 3.24. The highest BCUT2D eigenvalue weighted by Crippen LogP contribution is 2.27. The lowest BCUT2D eigenvalue weighted by Crippen LogP contribution is -2.46. The molecule has 0 spiro atoms.